The third kappa shape index (κ3) is 4.50. The highest BCUT2D eigenvalue weighted by Crippen LogP contribution is 2.17. The average Bonchev–Trinajstić information content (AvgIpc) is 2.70. The van der Waals surface area contributed by atoms with E-state index in [1.807, 2.05) is 0 Å². The van der Waals surface area contributed by atoms with Crippen LogP contribution in [0.1, 0.15) is 25.3 Å². The third-order valence-electron chi connectivity index (χ3n) is 6.52. The highest BCUT2D eigenvalue weighted by molar-refractivity contribution is 5.85. The molecule has 4 rings (SSSR count). The minimum Gasteiger partial charge on any atom is -0.338 e. The van der Waals surface area contributed by atoms with Gasteiger partial charge in [0.15, 0.2) is 6.54 Å². The summed E-state index contributed by atoms with van der Waals surface area (Å²) in [7, 11) is 0. The summed E-state index contributed by atoms with van der Waals surface area (Å²) >= 11 is 0. The Bertz CT molecular complexity index is 769. The van der Waals surface area contributed by atoms with E-state index in [-0.39, 0.29) is 0 Å². The molecular weight excluding hydrogens is 334 g/mol. The first-order valence-corrected chi connectivity index (χ1v) is 10.6. The second-order valence-electron chi connectivity index (χ2n) is 8.56. The summed E-state index contributed by atoms with van der Waals surface area (Å²) in [6.45, 7) is 10.5. The molecule has 0 unspecified atom stereocenters. The second-order valence-corrected chi connectivity index (χ2v) is 8.56. The molecule has 0 saturated carbocycles. The summed E-state index contributed by atoms with van der Waals surface area (Å²) in [5.74, 6) is 1.15. The van der Waals surface area contributed by atoms with Crippen molar-refractivity contribution in [1.29, 1.82) is 0 Å². The lowest BCUT2D eigenvalue weighted by atomic mass is 9.99. The number of piperazine rings is 1. The largest absolute Gasteiger partial charge is 0.338 e. The molecule has 2 aliphatic heterocycles. The smallest absolute Gasteiger partial charge is 0.277 e. The number of fused-ring (bicyclic) bond motifs is 1. The van der Waals surface area contributed by atoms with Gasteiger partial charge in [-0.3, -0.25) is 4.79 Å². The van der Waals surface area contributed by atoms with Gasteiger partial charge in [-0.05, 0) is 29.5 Å². The van der Waals surface area contributed by atoms with Crippen LogP contribution in [0.5, 0.6) is 0 Å². The Morgan fingerprint density at radius 1 is 0.963 bits per heavy atom. The van der Waals surface area contributed by atoms with Crippen molar-refractivity contribution in [3.63, 3.8) is 0 Å². The van der Waals surface area contributed by atoms with Crippen LogP contribution >= 0.6 is 0 Å². The van der Waals surface area contributed by atoms with Crippen LogP contribution < -0.4 is 9.80 Å². The van der Waals surface area contributed by atoms with E-state index in [9.17, 15) is 4.79 Å². The van der Waals surface area contributed by atoms with Gasteiger partial charge in [0.25, 0.3) is 5.91 Å². The molecule has 2 heterocycles. The number of hydrogen-bond acceptors (Lipinski definition) is 1. The third-order valence-corrected chi connectivity index (χ3v) is 6.52. The topological polar surface area (TPSA) is 29.2 Å². The van der Waals surface area contributed by atoms with Crippen LogP contribution in [0, 0.1) is 5.92 Å². The molecule has 2 saturated heterocycles. The van der Waals surface area contributed by atoms with E-state index in [2.05, 4.69) is 54.3 Å². The van der Waals surface area contributed by atoms with E-state index < -0.39 is 0 Å². The number of quaternary nitrogens is 2. The summed E-state index contributed by atoms with van der Waals surface area (Å²) in [5, 5.41) is 2.72. The van der Waals surface area contributed by atoms with Crippen molar-refractivity contribution in [2.24, 2.45) is 5.92 Å². The average molecular weight is 368 g/mol. The standard InChI is InChI=1S/C23H31N3O/c1-19-9-11-26(12-10-19)23(27)18-25-15-13-24(14-16-25)17-21-7-4-6-20-5-2-3-8-22(20)21/h2-8,19H,9-18H2,1H3/p+2. The van der Waals surface area contributed by atoms with Crippen molar-refractivity contribution in [2.75, 3.05) is 45.8 Å². The molecule has 0 atom stereocenters. The normalized spacial score (nSPS) is 24.3. The number of piperidine rings is 1. The van der Waals surface area contributed by atoms with E-state index in [1.165, 1.54) is 34.1 Å². The Balaban J connectivity index is 1.28. The number of carbonyl (C=O) groups excluding carboxylic acids is 1. The van der Waals surface area contributed by atoms with Gasteiger partial charge in [-0.2, -0.15) is 0 Å². The molecule has 0 spiro atoms. The summed E-state index contributed by atoms with van der Waals surface area (Å²) in [6.07, 6.45) is 2.34. The highest BCUT2D eigenvalue weighted by Gasteiger charge is 2.28. The van der Waals surface area contributed by atoms with Gasteiger partial charge in [-0.15, -0.1) is 0 Å². The molecule has 2 aliphatic rings. The minimum atomic E-state index is 0.370. The SMILES string of the molecule is CC1CCN(C(=O)C[NH+]2CC[NH+](Cc3cccc4ccccc34)CC2)CC1. The maximum absolute atomic E-state index is 12.6. The molecule has 4 heteroatoms. The van der Waals surface area contributed by atoms with Gasteiger partial charge in [0.2, 0.25) is 0 Å². The fourth-order valence-corrected chi connectivity index (χ4v) is 4.61. The lowest BCUT2D eigenvalue weighted by molar-refractivity contribution is -1.02. The molecule has 27 heavy (non-hydrogen) atoms. The lowest BCUT2D eigenvalue weighted by Gasteiger charge is -2.33. The fraction of sp³-hybridized carbons (Fsp3) is 0.522. The van der Waals surface area contributed by atoms with Crippen molar-refractivity contribution in [3.8, 4) is 0 Å². The van der Waals surface area contributed by atoms with E-state index in [4.69, 9.17) is 0 Å². The van der Waals surface area contributed by atoms with Gasteiger partial charge in [0, 0.05) is 18.7 Å². The highest BCUT2D eigenvalue weighted by atomic mass is 16.2. The Labute approximate surface area is 162 Å². The summed E-state index contributed by atoms with van der Waals surface area (Å²) < 4.78 is 0. The molecular formula is C23H33N3O+2. The van der Waals surface area contributed by atoms with Gasteiger partial charge < -0.3 is 14.7 Å². The fourth-order valence-electron chi connectivity index (χ4n) is 4.61. The van der Waals surface area contributed by atoms with E-state index in [0.29, 0.717) is 12.5 Å². The minimum absolute atomic E-state index is 0.370. The van der Waals surface area contributed by atoms with Gasteiger partial charge in [0.05, 0.1) is 0 Å². The predicted molar refractivity (Wildman–Crippen MR) is 109 cm³/mol. The zero-order valence-electron chi connectivity index (χ0n) is 16.5. The number of carbonyl (C=O) groups is 1. The Morgan fingerprint density at radius 3 is 2.41 bits per heavy atom. The van der Waals surface area contributed by atoms with Crippen molar-refractivity contribution >= 4 is 16.7 Å². The van der Waals surface area contributed by atoms with E-state index in [1.54, 1.807) is 4.90 Å². The first-order valence-electron chi connectivity index (χ1n) is 10.6. The molecule has 2 aromatic rings. The summed E-state index contributed by atoms with van der Waals surface area (Å²) in [4.78, 5) is 17.8. The number of nitrogens with one attached hydrogen (secondary N) is 2. The molecule has 0 bridgehead atoms. The number of nitrogens with zero attached hydrogens (tertiary/aromatic N) is 1. The number of amides is 1. The first kappa shape index (κ1) is 18.5. The maximum Gasteiger partial charge on any atom is 0.277 e. The predicted octanol–water partition coefficient (Wildman–Crippen LogP) is 0.382. The van der Waals surface area contributed by atoms with Crippen LogP contribution in [0.2, 0.25) is 0 Å². The van der Waals surface area contributed by atoms with Crippen molar-refractivity contribution in [1.82, 2.24) is 4.90 Å². The van der Waals surface area contributed by atoms with Crippen LogP contribution in [-0.4, -0.2) is 56.6 Å². The van der Waals surface area contributed by atoms with Gasteiger partial charge in [-0.1, -0.05) is 49.4 Å². The maximum atomic E-state index is 12.6. The zero-order chi connectivity index (χ0) is 18.6. The molecule has 1 amide bonds. The molecule has 0 aliphatic carbocycles. The summed E-state index contributed by atoms with van der Waals surface area (Å²) in [6, 6.07) is 15.3. The van der Waals surface area contributed by atoms with E-state index >= 15 is 0 Å². The van der Waals surface area contributed by atoms with Crippen molar-refractivity contribution < 1.29 is 14.6 Å². The lowest BCUT2D eigenvalue weighted by Crippen LogP contribution is -3.28. The second kappa shape index (κ2) is 8.41. The van der Waals surface area contributed by atoms with Crippen LogP contribution in [0.3, 0.4) is 0 Å². The van der Waals surface area contributed by atoms with Gasteiger partial charge >= 0.3 is 0 Å². The zero-order valence-corrected chi connectivity index (χ0v) is 16.5. The Morgan fingerprint density at radius 2 is 1.63 bits per heavy atom. The number of rotatable bonds is 4. The number of hydrogen-bond donors (Lipinski definition) is 2. The van der Waals surface area contributed by atoms with E-state index in [0.717, 1.165) is 51.7 Å². The Kier molecular flexibility index (Phi) is 5.74. The first-order chi connectivity index (χ1) is 13.2. The Hall–Kier alpha value is -1.91. The van der Waals surface area contributed by atoms with Gasteiger partial charge in [0.1, 0.15) is 32.7 Å². The quantitative estimate of drug-likeness (QED) is 0.804. The molecule has 0 aromatic heterocycles. The van der Waals surface area contributed by atoms with Gasteiger partial charge in [-0.25, -0.2) is 0 Å². The number of likely N-dealkylation sites (tertiary alicyclic amines) is 1. The van der Waals surface area contributed by atoms with Crippen LogP contribution in [-0.2, 0) is 11.3 Å². The van der Waals surface area contributed by atoms with Crippen LogP contribution in [0.25, 0.3) is 10.8 Å². The molecule has 2 fully saturated rings. The van der Waals surface area contributed by atoms with Crippen LogP contribution in [0.4, 0.5) is 0 Å². The van der Waals surface area contributed by atoms with Crippen molar-refractivity contribution in [2.45, 2.75) is 26.3 Å². The number of benzene rings is 2. The molecule has 4 nitrogen and oxygen atoms in total. The van der Waals surface area contributed by atoms with Crippen molar-refractivity contribution in [3.05, 3.63) is 48.0 Å². The molecule has 144 valence electrons. The monoisotopic (exact) mass is 367 g/mol. The summed E-state index contributed by atoms with van der Waals surface area (Å²) in [5.41, 5.74) is 1.45. The molecule has 0 radical (unpaired) electrons. The molecule has 2 N–H and O–H groups in total. The van der Waals surface area contributed by atoms with Crippen LogP contribution in [0.15, 0.2) is 42.5 Å². The molecule has 2 aromatic carbocycles.